The molecular formula is C20H25ClN4O. The minimum atomic E-state index is -0.221. The first kappa shape index (κ1) is 18.8. The van der Waals surface area contributed by atoms with E-state index in [1.54, 1.807) is 12.4 Å². The van der Waals surface area contributed by atoms with Crippen LogP contribution in [0.25, 0.3) is 0 Å². The van der Waals surface area contributed by atoms with E-state index in [1.807, 2.05) is 36.4 Å². The van der Waals surface area contributed by atoms with Gasteiger partial charge in [-0.3, -0.25) is 9.78 Å². The minimum absolute atomic E-state index is 0.0488. The molecule has 1 amide bonds. The number of benzene rings is 1. The summed E-state index contributed by atoms with van der Waals surface area (Å²) in [7, 11) is 2.13. The second-order valence-corrected chi connectivity index (χ2v) is 7.17. The first-order valence-corrected chi connectivity index (χ1v) is 9.35. The predicted octanol–water partition coefficient (Wildman–Crippen LogP) is 2.58. The third-order valence-electron chi connectivity index (χ3n) is 4.78. The van der Waals surface area contributed by atoms with Crippen LogP contribution in [-0.2, 0) is 4.79 Å². The van der Waals surface area contributed by atoms with Crippen molar-refractivity contribution in [1.29, 1.82) is 0 Å². The van der Waals surface area contributed by atoms with Gasteiger partial charge in [0.15, 0.2) is 0 Å². The molecule has 2 aromatic rings. The molecule has 138 valence electrons. The van der Waals surface area contributed by atoms with Gasteiger partial charge in [0, 0.05) is 56.6 Å². The van der Waals surface area contributed by atoms with E-state index in [-0.39, 0.29) is 11.9 Å². The molecule has 1 fully saturated rings. The smallest absolute Gasteiger partial charge is 0.222 e. The average molecular weight is 373 g/mol. The van der Waals surface area contributed by atoms with Crippen LogP contribution in [0.4, 0.5) is 0 Å². The van der Waals surface area contributed by atoms with Gasteiger partial charge >= 0.3 is 0 Å². The van der Waals surface area contributed by atoms with Crippen molar-refractivity contribution in [2.75, 3.05) is 39.8 Å². The van der Waals surface area contributed by atoms with Crippen molar-refractivity contribution < 1.29 is 4.79 Å². The van der Waals surface area contributed by atoms with Gasteiger partial charge in [-0.1, -0.05) is 29.8 Å². The van der Waals surface area contributed by atoms with Gasteiger partial charge in [-0.15, -0.1) is 0 Å². The Morgan fingerprint density at radius 1 is 1.15 bits per heavy atom. The third kappa shape index (κ3) is 5.27. The average Bonchev–Trinajstić information content (AvgIpc) is 2.67. The normalized spacial score (nSPS) is 17.0. The Hall–Kier alpha value is -1.95. The topological polar surface area (TPSA) is 48.5 Å². The number of piperazine rings is 1. The molecule has 6 heteroatoms. The molecule has 5 nitrogen and oxygen atoms in total. The number of aromatic nitrogens is 1. The van der Waals surface area contributed by atoms with Crippen LogP contribution in [0.5, 0.6) is 0 Å². The summed E-state index contributed by atoms with van der Waals surface area (Å²) in [6, 6.07) is 11.2. The molecule has 1 saturated heterocycles. The number of likely N-dealkylation sites (N-methyl/N-ethyl adjacent to an activating group) is 1. The van der Waals surface area contributed by atoms with Crippen LogP contribution < -0.4 is 5.32 Å². The number of nitrogens with one attached hydrogen (secondary N) is 1. The van der Waals surface area contributed by atoms with E-state index in [4.69, 9.17) is 11.6 Å². The lowest BCUT2D eigenvalue weighted by Crippen LogP contribution is -2.45. The number of hydrogen-bond acceptors (Lipinski definition) is 4. The zero-order valence-corrected chi connectivity index (χ0v) is 15.8. The van der Waals surface area contributed by atoms with Crippen molar-refractivity contribution in [3.05, 3.63) is 64.9 Å². The fourth-order valence-corrected chi connectivity index (χ4v) is 3.25. The minimum Gasteiger partial charge on any atom is -0.345 e. The van der Waals surface area contributed by atoms with Gasteiger partial charge < -0.3 is 15.1 Å². The lowest BCUT2D eigenvalue weighted by molar-refractivity contribution is -0.122. The van der Waals surface area contributed by atoms with Crippen molar-refractivity contribution in [1.82, 2.24) is 20.1 Å². The Kier molecular flexibility index (Phi) is 6.61. The van der Waals surface area contributed by atoms with Gasteiger partial charge in [0.2, 0.25) is 5.91 Å². The van der Waals surface area contributed by atoms with Crippen LogP contribution in [0.1, 0.15) is 23.6 Å². The highest BCUT2D eigenvalue weighted by Crippen LogP contribution is 2.23. The summed E-state index contributed by atoms with van der Waals surface area (Å²) in [5, 5.41) is 3.84. The standard InChI is InChI=1S/C20H25ClN4O/c1-24-11-13-25(14-12-24)10-8-19(26)23-20(17-3-2-9-22-15-17)16-4-6-18(21)7-5-16/h2-7,9,15,20H,8,10-14H2,1H3,(H,23,26). The Morgan fingerprint density at radius 2 is 1.88 bits per heavy atom. The van der Waals surface area contributed by atoms with E-state index < -0.39 is 0 Å². The lowest BCUT2D eigenvalue weighted by Gasteiger charge is -2.32. The van der Waals surface area contributed by atoms with Crippen LogP contribution in [0.3, 0.4) is 0 Å². The highest BCUT2D eigenvalue weighted by atomic mass is 35.5. The molecule has 0 spiro atoms. The number of hydrogen-bond donors (Lipinski definition) is 1. The number of rotatable bonds is 6. The fourth-order valence-electron chi connectivity index (χ4n) is 3.13. The van der Waals surface area contributed by atoms with E-state index in [2.05, 4.69) is 27.1 Å². The first-order valence-electron chi connectivity index (χ1n) is 8.97. The summed E-state index contributed by atoms with van der Waals surface area (Å²) in [6.07, 6.45) is 4.02. The number of pyridine rings is 1. The summed E-state index contributed by atoms with van der Waals surface area (Å²) in [4.78, 5) is 21.4. The quantitative estimate of drug-likeness (QED) is 0.846. The third-order valence-corrected chi connectivity index (χ3v) is 5.03. The lowest BCUT2D eigenvalue weighted by atomic mass is 10.00. The number of halogens is 1. The summed E-state index contributed by atoms with van der Waals surface area (Å²) >= 11 is 6.01. The number of carbonyl (C=O) groups excluding carboxylic acids is 1. The molecule has 1 N–H and O–H groups in total. The van der Waals surface area contributed by atoms with Crippen LogP contribution in [0.15, 0.2) is 48.8 Å². The zero-order valence-electron chi connectivity index (χ0n) is 15.1. The summed E-state index contributed by atoms with van der Waals surface area (Å²) < 4.78 is 0. The number of nitrogens with zero attached hydrogens (tertiary/aromatic N) is 3. The van der Waals surface area contributed by atoms with E-state index in [1.165, 1.54) is 0 Å². The monoisotopic (exact) mass is 372 g/mol. The van der Waals surface area contributed by atoms with Crippen LogP contribution in [-0.4, -0.2) is 60.5 Å². The molecule has 1 aliphatic rings. The van der Waals surface area contributed by atoms with Crippen molar-refractivity contribution in [2.45, 2.75) is 12.5 Å². The first-order chi connectivity index (χ1) is 12.6. The SMILES string of the molecule is CN1CCN(CCC(=O)NC(c2ccc(Cl)cc2)c2cccnc2)CC1. The molecule has 3 rings (SSSR count). The molecule has 2 heterocycles. The van der Waals surface area contributed by atoms with Crippen molar-refractivity contribution in [2.24, 2.45) is 0 Å². The Morgan fingerprint density at radius 3 is 2.54 bits per heavy atom. The van der Waals surface area contributed by atoms with Gasteiger partial charge in [-0.05, 0) is 36.4 Å². The van der Waals surface area contributed by atoms with Crippen LogP contribution in [0.2, 0.25) is 5.02 Å². The molecule has 0 aliphatic carbocycles. The predicted molar refractivity (Wildman–Crippen MR) is 104 cm³/mol. The maximum atomic E-state index is 12.6. The summed E-state index contributed by atoms with van der Waals surface area (Å²) in [6.45, 7) is 4.95. The molecule has 1 unspecified atom stereocenters. The van der Waals surface area contributed by atoms with Gasteiger partial charge in [-0.25, -0.2) is 0 Å². The Labute approximate surface area is 160 Å². The van der Waals surface area contributed by atoms with Crippen LogP contribution in [0, 0.1) is 0 Å². The van der Waals surface area contributed by atoms with E-state index in [0.29, 0.717) is 11.4 Å². The van der Waals surface area contributed by atoms with E-state index >= 15 is 0 Å². The molecule has 1 aromatic heterocycles. The molecule has 0 bridgehead atoms. The highest BCUT2D eigenvalue weighted by molar-refractivity contribution is 6.30. The molecule has 0 saturated carbocycles. The zero-order chi connectivity index (χ0) is 18.4. The maximum Gasteiger partial charge on any atom is 0.222 e. The summed E-state index contributed by atoms with van der Waals surface area (Å²) in [5.41, 5.74) is 1.96. The fraction of sp³-hybridized carbons (Fsp3) is 0.400. The van der Waals surface area contributed by atoms with E-state index in [9.17, 15) is 4.79 Å². The summed E-state index contributed by atoms with van der Waals surface area (Å²) in [5.74, 6) is 0.0488. The van der Waals surface area contributed by atoms with Gasteiger partial charge in [0.25, 0.3) is 0 Å². The highest BCUT2D eigenvalue weighted by Gasteiger charge is 2.19. The van der Waals surface area contributed by atoms with Crippen LogP contribution >= 0.6 is 11.6 Å². The molecule has 1 atom stereocenters. The largest absolute Gasteiger partial charge is 0.345 e. The molecule has 0 radical (unpaired) electrons. The van der Waals surface area contributed by atoms with Crippen molar-refractivity contribution >= 4 is 17.5 Å². The molecular weight excluding hydrogens is 348 g/mol. The van der Waals surface area contributed by atoms with Crippen molar-refractivity contribution in [3.8, 4) is 0 Å². The Bertz CT molecular complexity index is 700. The molecule has 1 aliphatic heterocycles. The number of amides is 1. The second kappa shape index (κ2) is 9.12. The maximum absolute atomic E-state index is 12.6. The molecule has 1 aromatic carbocycles. The Balaban J connectivity index is 1.63. The second-order valence-electron chi connectivity index (χ2n) is 6.73. The van der Waals surface area contributed by atoms with Gasteiger partial charge in [0.05, 0.1) is 6.04 Å². The van der Waals surface area contributed by atoms with Crippen molar-refractivity contribution in [3.63, 3.8) is 0 Å². The van der Waals surface area contributed by atoms with E-state index in [0.717, 1.165) is 43.9 Å². The van der Waals surface area contributed by atoms with Gasteiger partial charge in [-0.2, -0.15) is 0 Å². The molecule has 26 heavy (non-hydrogen) atoms. The number of carbonyl (C=O) groups is 1. The van der Waals surface area contributed by atoms with Gasteiger partial charge in [0.1, 0.15) is 0 Å².